The van der Waals surface area contributed by atoms with Gasteiger partial charge in [-0.05, 0) is 51.3 Å². The number of amides is 1. The van der Waals surface area contributed by atoms with E-state index in [2.05, 4.69) is 46.7 Å². The third-order valence-electron chi connectivity index (χ3n) is 4.54. The summed E-state index contributed by atoms with van der Waals surface area (Å²) >= 11 is 1.41. The first-order valence-corrected chi connectivity index (χ1v) is 10.5. The van der Waals surface area contributed by atoms with Crippen LogP contribution in [0.25, 0.3) is 5.69 Å². The van der Waals surface area contributed by atoms with Gasteiger partial charge in [0.1, 0.15) is 5.82 Å². The number of hydrogen-bond acceptors (Lipinski definition) is 4. The molecule has 0 aliphatic carbocycles. The van der Waals surface area contributed by atoms with E-state index in [0.29, 0.717) is 5.75 Å². The van der Waals surface area contributed by atoms with Gasteiger partial charge in [0.05, 0.1) is 5.75 Å². The number of aromatic nitrogens is 3. The van der Waals surface area contributed by atoms with Crippen LogP contribution in [0.5, 0.6) is 0 Å². The van der Waals surface area contributed by atoms with Crippen molar-refractivity contribution in [3.8, 4) is 5.69 Å². The maximum atomic E-state index is 12.3. The Morgan fingerprint density at radius 1 is 1.07 bits per heavy atom. The molecule has 3 aromatic rings. The molecule has 1 aromatic heterocycles. The summed E-state index contributed by atoms with van der Waals surface area (Å²) in [6.45, 7) is 6.02. The fourth-order valence-electron chi connectivity index (χ4n) is 2.97. The molecule has 1 N–H and O–H groups in total. The Bertz CT molecular complexity index is 906. The molecule has 0 spiro atoms. The molecule has 3 rings (SSSR count). The van der Waals surface area contributed by atoms with Crippen LogP contribution in [0.2, 0.25) is 0 Å². The van der Waals surface area contributed by atoms with Crippen molar-refractivity contribution < 1.29 is 4.79 Å². The van der Waals surface area contributed by atoms with Crippen molar-refractivity contribution in [2.24, 2.45) is 0 Å². The third-order valence-corrected chi connectivity index (χ3v) is 5.46. The zero-order chi connectivity index (χ0) is 19.9. The number of nitrogens with zero attached hydrogens (tertiary/aromatic N) is 3. The first kappa shape index (κ1) is 20.1. The average molecular weight is 395 g/mol. The highest BCUT2D eigenvalue weighted by molar-refractivity contribution is 7.99. The van der Waals surface area contributed by atoms with Crippen molar-refractivity contribution >= 4 is 17.7 Å². The second-order valence-electron chi connectivity index (χ2n) is 6.98. The molecule has 0 aliphatic rings. The fourth-order valence-corrected chi connectivity index (χ4v) is 3.78. The Morgan fingerprint density at radius 2 is 1.79 bits per heavy atom. The molecule has 6 heteroatoms. The SMILES string of the molecule is Cc1ccc(-n2c(C)nnc2SCC(=O)NC(C)CCc2ccccc2)cc1. The van der Waals surface area contributed by atoms with Gasteiger partial charge in [-0.1, -0.05) is 59.8 Å². The molecule has 0 aliphatic heterocycles. The Kier molecular flexibility index (Phi) is 6.87. The van der Waals surface area contributed by atoms with E-state index in [1.54, 1.807) is 0 Å². The quantitative estimate of drug-likeness (QED) is 0.584. The number of carbonyl (C=O) groups is 1. The van der Waals surface area contributed by atoms with Gasteiger partial charge in [-0.25, -0.2) is 0 Å². The molecule has 0 radical (unpaired) electrons. The number of nitrogens with one attached hydrogen (secondary N) is 1. The molecule has 146 valence electrons. The zero-order valence-electron chi connectivity index (χ0n) is 16.6. The monoisotopic (exact) mass is 394 g/mol. The molecule has 0 fully saturated rings. The summed E-state index contributed by atoms with van der Waals surface area (Å²) in [4.78, 5) is 12.3. The number of benzene rings is 2. The summed E-state index contributed by atoms with van der Waals surface area (Å²) in [5.41, 5.74) is 3.50. The third kappa shape index (κ3) is 5.45. The Labute approximate surface area is 170 Å². The highest BCUT2D eigenvalue weighted by atomic mass is 32.2. The molecule has 1 amide bonds. The van der Waals surface area contributed by atoms with Crippen molar-refractivity contribution in [1.29, 1.82) is 0 Å². The summed E-state index contributed by atoms with van der Waals surface area (Å²) in [6, 6.07) is 18.7. The number of thioether (sulfide) groups is 1. The Hall–Kier alpha value is -2.60. The molecule has 1 unspecified atom stereocenters. The van der Waals surface area contributed by atoms with E-state index in [9.17, 15) is 4.79 Å². The van der Waals surface area contributed by atoms with Gasteiger partial charge < -0.3 is 5.32 Å². The van der Waals surface area contributed by atoms with Crippen LogP contribution in [0.15, 0.2) is 59.8 Å². The number of hydrogen-bond donors (Lipinski definition) is 1. The van der Waals surface area contributed by atoms with Gasteiger partial charge in [0.15, 0.2) is 5.16 Å². The smallest absolute Gasteiger partial charge is 0.230 e. The maximum absolute atomic E-state index is 12.3. The molecule has 0 saturated carbocycles. The van der Waals surface area contributed by atoms with Gasteiger partial charge in [-0.2, -0.15) is 0 Å². The van der Waals surface area contributed by atoms with E-state index < -0.39 is 0 Å². The van der Waals surface area contributed by atoms with Crippen molar-refractivity contribution in [2.75, 3.05) is 5.75 Å². The van der Waals surface area contributed by atoms with Gasteiger partial charge >= 0.3 is 0 Å². The number of carbonyl (C=O) groups excluding carboxylic acids is 1. The molecule has 28 heavy (non-hydrogen) atoms. The van der Waals surface area contributed by atoms with Crippen molar-refractivity contribution in [2.45, 2.75) is 44.8 Å². The molecule has 0 saturated heterocycles. The van der Waals surface area contributed by atoms with Gasteiger partial charge in [0, 0.05) is 11.7 Å². The van der Waals surface area contributed by atoms with E-state index in [-0.39, 0.29) is 11.9 Å². The van der Waals surface area contributed by atoms with Gasteiger partial charge in [-0.15, -0.1) is 10.2 Å². The number of aryl methyl sites for hydroxylation is 3. The minimum atomic E-state index is 0.0154. The van der Waals surface area contributed by atoms with Gasteiger partial charge in [0.25, 0.3) is 0 Å². The summed E-state index contributed by atoms with van der Waals surface area (Å²) in [5.74, 6) is 1.14. The predicted octanol–water partition coefficient (Wildman–Crippen LogP) is 4.11. The van der Waals surface area contributed by atoms with Gasteiger partial charge in [-0.3, -0.25) is 9.36 Å². The van der Waals surface area contributed by atoms with Crippen molar-refractivity contribution in [3.63, 3.8) is 0 Å². The average Bonchev–Trinajstić information content (AvgIpc) is 3.07. The largest absolute Gasteiger partial charge is 0.353 e. The van der Waals surface area contributed by atoms with Crippen LogP contribution >= 0.6 is 11.8 Å². The van der Waals surface area contributed by atoms with Crippen LogP contribution in [0.4, 0.5) is 0 Å². The lowest BCUT2D eigenvalue weighted by molar-refractivity contribution is -0.119. The van der Waals surface area contributed by atoms with E-state index >= 15 is 0 Å². The van der Waals surface area contributed by atoms with Crippen LogP contribution in [0, 0.1) is 13.8 Å². The number of rotatable bonds is 8. The van der Waals surface area contributed by atoms with Crippen molar-refractivity contribution in [3.05, 3.63) is 71.5 Å². The summed E-state index contributed by atoms with van der Waals surface area (Å²) < 4.78 is 1.98. The van der Waals surface area contributed by atoms with E-state index in [4.69, 9.17) is 0 Å². The highest BCUT2D eigenvalue weighted by Gasteiger charge is 2.14. The second kappa shape index (κ2) is 9.55. The summed E-state index contributed by atoms with van der Waals surface area (Å²) in [7, 11) is 0. The first-order valence-electron chi connectivity index (χ1n) is 9.48. The standard InChI is InChI=1S/C22H26N4OS/c1-16-9-13-20(14-10-16)26-18(3)24-25-22(26)28-15-21(27)23-17(2)11-12-19-7-5-4-6-8-19/h4-10,13-14,17H,11-12,15H2,1-3H3,(H,23,27). The lowest BCUT2D eigenvalue weighted by Gasteiger charge is -2.14. The molecule has 0 bridgehead atoms. The van der Waals surface area contributed by atoms with Crippen LogP contribution in [-0.4, -0.2) is 32.5 Å². The molecule has 5 nitrogen and oxygen atoms in total. The summed E-state index contributed by atoms with van der Waals surface area (Å²) in [6.07, 6.45) is 1.87. The van der Waals surface area contributed by atoms with Crippen LogP contribution < -0.4 is 5.32 Å². The Balaban J connectivity index is 1.53. The van der Waals surface area contributed by atoms with Crippen molar-refractivity contribution in [1.82, 2.24) is 20.1 Å². The highest BCUT2D eigenvalue weighted by Crippen LogP contribution is 2.22. The lowest BCUT2D eigenvalue weighted by atomic mass is 10.1. The predicted molar refractivity (Wildman–Crippen MR) is 114 cm³/mol. The van der Waals surface area contributed by atoms with E-state index in [1.807, 2.05) is 48.7 Å². The van der Waals surface area contributed by atoms with Crippen LogP contribution in [0.3, 0.4) is 0 Å². The Morgan fingerprint density at radius 3 is 2.50 bits per heavy atom. The van der Waals surface area contributed by atoms with E-state index in [1.165, 1.54) is 22.9 Å². The maximum Gasteiger partial charge on any atom is 0.230 e. The normalized spacial score (nSPS) is 12.0. The van der Waals surface area contributed by atoms with Crippen LogP contribution in [0.1, 0.15) is 30.3 Å². The van der Waals surface area contributed by atoms with E-state index in [0.717, 1.165) is 29.5 Å². The molecule has 1 atom stereocenters. The molecule has 1 heterocycles. The van der Waals surface area contributed by atoms with Gasteiger partial charge in [0.2, 0.25) is 5.91 Å². The fraction of sp³-hybridized carbons (Fsp3) is 0.318. The first-order chi connectivity index (χ1) is 13.5. The minimum absolute atomic E-state index is 0.0154. The zero-order valence-corrected chi connectivity index (χ0v) is 17.4. The minimum Gasteiger partial charge on any atom is -0.353 e. The molecular formula is C22H26N4OS. The topological polar surface area (TPSA) is 59.8 Å². The summed E-state index contributed by atoms with van der Waals surface area (Å²) in [5, 5.41) is 12.2. The van der Waals surface area contributed by atoms with Crippen LogP contribution in [-0.2, 0) is 11.2 Å². The molecular weight excluding hydrogens is 368 g/mol. The molecule has 2 aromatic carbocycles. The lowest BCUT2D eigenvalue weighted by Crippen LogP contribution is -2.34. The second-order valence-corrected chi connectivity index (χ2v) is 7.92.